The minimum Gasteiger partial charge on any atom is -0.334 e. The molecule has 0 saturated carbocycles. The molecule has 7 heteroatoms. The van der Waals surface area contributed by atoms with Gasteiger partial charge in [-0.05, 0) is 56.9 Å². The van der Waals surface area contributed by atoms with E-state index in [1.807, 2.05) is 19.9 Å². The summed E-state index contributed by atoms with van der Waals surface area (Å²) in [7, 11) is 0. The van der Waals surface area contributed by atoms with Crippen molar-refractivity contribution in [2.24, 2.45) is 11.7 Å². The Balaban J connectivity index is 0.00000243. The van der Waals surface area contributed by atoms with Gasteiger partial charge in [-0.3, -0.25) is 4.79 Å². The highest BCUT2D eigenvalue weighted by Gasteiger charge is 2.30. The lowest BCUT2D eigenvalue weighted by molar-refractivity contribution is 0.0573. The third kappa shape index (κ3) is 3.91. The molecular weight excluding hydrogens is 355 g/mol. The highest BCUT2D eigenvalue weighted by atomic mass is 35.5. The molecule has 142 valence electrons. The second-order valence-electron chi connectivity index (χ2n) is 7.02. The first-order chi connectivity index (χ1) is 11.9. The number of carbonyl (C=O) groups excluding carboxylic acids is 1. The zero-order valence-electron chi connectivity index (χ0n) is 15.4. The van der Waals surface area contributed by atoms with E-state index in [1.54, 1.807) is 21.7 Å². The number of nitrogens with zero attached hydrogens (tertiary/aromatic N) is 3. The molecule has 1 aromatic carbocycles. The Morgan fingerprint density at radius 2 is 2.08 bits per heavy atom. The fourth-order valence-electron chi connectivity index (χ4n) is 3.59. The molecule has 0 radical (unpaired) electrons. The van der Waals surface area contributed by atoms with Crippen molar-refractivity contribution in [2.75, 3.05) is 13.1 Å². The van der Waals surface area contributed by atoms with Crippen LogP contribution in [0.1, 0.15) is 41.5 Å². The van der Waals surface area contributed by atoms with Gasteiger partial charge in [-0.2, -0.15) is 5.10 Å². The molecule has 2 N–H and O–H groups in total. The summed E-state index contributed by atoms with van der Waals surface area (Å²) in [6, 6.07) is 6.50. The minimum atomic E-state index is -0.452. The Kier molecular flexibility index (Phi) is 6.42. The quantitative estimate of drug-likeness (QED) is 0.888. The topological polar surface area (TPSA) is 64.2 Å². The van der Waals surface area contributed by atoms with Crippen molar-refractivity contribution in [1.29, 1.82) is 0 Å². The van der Waals surface area contributed by atoms with Gasteiger partial charge in [0, 0.05) is 30.4 Å². The summed E-state index contributed by atoms with van der Waals surface area (Å²) in [6.07, 6.45) is 1.85. The van der Waals surface area contributed by atoms with Crippen molar-refractivity contribution in [3.8, 4) is 5.69 Å². The lowest BCUT2D eigenvalue weighted by atomic mass is 9.92. The second kappa shape index (κ2) is 8.18. The summed E-state index contributed by atoms with van der Waals surface area (Å²) in [5.41, 5.74) is 8.22. The van der Waals surface area contributed by atoms with Gasteiger partial charge in [0.1, 0.15) is 11.5 Å². The molecule has 0 bridgehead atoms. The van der Waals surface area contributed by atoms with E-state index in [9.17, 15) is 9.18 Å². The van der Waals surface area contributed by atoms with Gasteiger partial charge in [0.15, 0.2) is 0 Å². The van der Waals surface area contributed by atoms with Crippen LogP contribution in [0.2, 0.25) is 0 Å². The molecule has 1 fully saturated rings. The maximum Gasteiger partial charge on any atom is 0.254 e. The number of carbonyl (C=O) groups is 1. The number of piperidine rings is 1. The fourth-order valence-corrected chi connectivity index (χ4v) is 3.59. The van der Waals surface area contributed by atoms with Crippen LogP contribution in [0.25, 0.3) is 5.69 Å². The van der Waals surface area contributed by atoms with E-state index in [2.05, 4.69) is 12.0 Å². The van der Waals surface area contributed by atoms with Gasteiger partial charge in [0.2, 0.25) is 0 Å². The molecule has 2 aromatic rings. The smallest absolute Gasteiger partial charge is 0.254 e. The molecule has 2 atom stereocenters. The first-order valence-corrected chi connectivity index (χ1v) is 8.75. The van der Waals surface area contributed by atoms with Gasteiger partial charge in [0.25, 0.3) is 5.91 Å². The van der Waals surface area contributed by atoms with Crippen LogP contribution in [-0.2, 0) is 0 Å². The van der Waals surface area contributed by atoms with Crippen LogP contribution in [0.4, 0.5) is 4.39 Å². The number of aromatic nitrogens is 2. The Hall–Kier alpha value is -1.92. The van der Waals surface area contributed by atoms with Gasteiger partial charge in [-0.25, -0.2) is 9.07 Å². The van der Waals surface area contributed by atoms with Gasteiger partial charge in [0.05, 0.1) is 5.69 Å². The molecular formula is C19H26ClFN4O. The van der Waals surface area contributed by atoms with Crippen LogP contribution in [0, 0.1) is 25.6 Å². The largest absolute Gasteiger partial charge is 0.334 e. The molecule has 0 spiro atoms. The highest BCUT2D eigenvalue weighted by Crippen LogP contribution is 2.25. The third-order valence-corrected chi connectivity index (χ3v) is 4.94. The van der Waals surface area contributed by atoms with Crippen LogP contribution in [0.3, 0.4) is 0 Å². The number of halogens is 2. The number of aryl methyl sites for hydroxylation is 2. The summed E-state index contributed by atoms with van der Waals surface area (Å²) in [6.45, 7) is 7.02. The number of amides is 1. The number of nitrogens with two attached hydrogens (primary N) is 1. The van der Waals surface area contributed by atoms with Crippen molar-refractivity contribution in [3.05, 3.63) is 47.0 Å². The molecule has 1 aromatic heterocycles. The lowest BCUT2D eigenvalue weighted by Crippen LogP contribution is -2.49. The SMILES string of the molecule is Cc1cc(C)n(-c2ccc(C(=O)N3CCC(C)CC3CN)cc2F)n1.Cl. The Morgan fingerprint density at radius 3 is 2.65 bits per heavy atom. The Bertz CT molecular complexity index is 792. The molecule has 1 aliphatic rings. The van der Waals surface area contributed by atoms with Gasteiger partial charge >= 0.3 is 0 Å². The van der Waals surface area contributed by atoms with Crippen LogP contribution in [-0.4, -0.2) is 39.7 Å². The molecule has 2 unspecified atom stereocenters. The summed E-state index contributed by atoms with van der Waals surface area (Å²) in [4.78, 5) is 14.6. The van der Waals surface area contributed by atoms with E-state index in [0.717, 1.165) is 24.2 Å². The van der Waals surface area contributed by atoms with E-state index in [4.69, 9.17) is 5.73 Å². The van der Waals surface area contributed by atoms with Crippen molar-refractivity contribution >= 4 is 18.3 Å². The molecule has 0 aliphatic carbocycles. The summed E-state index contributed by atoms with van der Waals surface area (Å²) < 4.78 is 16.2. The predicted molar refractivity (Wildman–Crippen MR) is 103 cm³/mol. The lowest BCUT2D eigenvalue weighted by Gasteiger charge is -2.38. The van der Waals surface area contributed by atoms with Gasteiger partial charge in [-0.15, -0.1) is 12.4 Å². The average molecular weight is 381 g/mol. The number of rotatable bonds is 3. The molecule has 1 aliphatic heterocycles. The maximum atomic E-state index is 14.6. The van der Waals surface area contributed by atoms with Crippen molar-refractivity contribution in [1.82, 2.24) is 14.7 Å². The number of hydrogen-bond acceptors (Lipinski definition) is 3. The molecule has 1 saturated heterocycles. The van der Waals surface area contributed by atoms with E-state index >= 15 is 0 Å². The normalized spacial score (nSPS) is 20.0. The van der Waals surface area contributed by atoms with Crippen LogP contribution in [0.5, 0.6) is 0 Å². The highest BCUT2D eigenvalue weighted by molar-refractivity contribution is 5.94. The predicted octanol–water partition coefficient (Wildman–Crippen LogP) is 3.25. The zero-order chi connectivity index (χ0) is 18.1. The van der Waals surface area contributed by atoms with Crippen LogP contribution in [0.15, 0.2) is 24.3 Å². The van der Waals surface area contributed by atoms with Crippen molar-refractivity contribution in [2.45, 2.75) is 39.7 Å². The first-order valence-electron chi connectivity index (χ1n) is 8.75. The number of likely N-dealkylation sites (tertiary alicyclic amines) is 1. The van der Waals surface area contributed by atoms with E-state index in [-0.39, 0.29) is 24.4 Å². The first kappa shape index (κ1) is 20.4. The van der Waals surface area contributed by atoms with Crippen LogP contribution < -0.4 is 5.73 Å². The summed E-state index contributed by atoms with van der Waals surface area (Å²) in [5, 5.41) is 4.30. The Labute approximate surface area is 159 Å². The van der Waals surface area contributed by atoms with E-state index in [1.165, 1.54) is 6.07 Å². The van der Waals surface area contributed by atoms with Crippen molar-refractivity contribution in [3.63, 3.8) is 0 Å². The molecule has 2 heterocycles. The van der Waals surface area contributed by atoms with E-state index < -0.39 is 5.82 Å². The second-order valence-corrected chi connectivity index (χ2v) is 7.02. The average Bonchev–Trinajstić information content (AvgIpc) is 2.92. The molecule has 5 nitrogen and oxygen atoms in total. The summed E-state index contributed by atoms with van der Waals surface area (Å²) >= 11 is 0. The molecule has 3 rings (SSSR count). The fraction of sp³-hybridized carbons (Fsp3) is 0.474. The number of benzene rings is 1. The molecule has 1 amide bonds. The van der Waals surface area contributed by atoms with Gasteiger partial charge in [-0.1, -0.05) is 6.92 Å². The third-order valence-electron chi connectivity index (χ3n) is 4.94. The monoisotopic (exact) mass is 380 g/mol. The van der Waals surface area contributed by atoms with Crippen LogP contribution >= 0.6 is 12.4 Å². The van der Waals surface area contributed by atoms with Gasteiger partial charge < -0.3 is 10.6 Å². The summed E-state index contributed by atoms with van der Waals surface area (Å²) in [5.74, 6) is -0.0457. The number of hydrogen-bond donors (Lipinski definition) is 1. The van der Waals surface area contributed by atoms with Crippen molar-refractivity contribution < 1.29 is 9.18 Å². The zero-order valence-corrected chi connectivity index (χ0v) is 16.2. The van der Waals surface area contributed by atoms with E-state index in [0.29, 0.717) is 30.3 Å². The maximum absolute atomic E-state index is 14.6. The molecule has 26 heavy (non-hydrogen) atoms. The standard InChI is InChI=1S/C19H25FN4O.ClH/c1-12-6-7-23(16(8-12)11-21)19(25)15-4-5-18(17(20)10-15)24-14(3)9-13(2)22-24;/h4-5,9-10,12,16H,6-8,11,21H2,1-3H3;1H. The minimum absolute atomic E-state index is 0. The Morgan fingerprint density at radius 1 is 1.35 bits per heavy atom.